The van der Waals surface area contributed by atoms with Crippen molar-refractivity contribution in [3.05, 3.63) is 89.8 Å². The third kappa shape index (κ3) is 4.83. The third-order valence-corrected chi connectivity index (χ3v) is 4.01. The highest BCUT2D eigenvalue weighted by molar-refractivity contribution is 5.91. The number of nitrogens with zero attached hydrogens (tertiary/aromatic N) is 2. The molecule has 5 nitrogen and oxygen atoms in total. The van der Waals surface area contributed by atoms with E-state index in [9.17, 15) is 4.79 Å². The van der Waals surface area contributed by atoms with Crippen molar-refractivity contribution in [2.45, 2.75) is 13.1 Å². The van der Waals surface area contributed by atoms with Crippen molar-refractivity contribution >= 4 is 12.0 Å². The molecule has 1 aromatic heterocycles. The number of nitrogens with one attached hydrogen (secondary N) is 1. The Hall–Kier alpha value is -3.34. The molecule has 3 rings (SSSR count). The fraction of sp³-hybridized carbons (Fsp3) is 0.143. The summed E-state index contributed by atoms with van der Waals surface area (Å²) < 4.78 is 6.99. The Morgan fingerprint density at radius 3 is 2.58 bits per heavy atom. The highest BCUT2D eigenvalue weighted by atomic mass is 16.5. The number of benzene rings is 2. The summed E-state index contributed by atoms with van der Waals surface area (Å²) in [5.74, 6) is 0.662. The van der Waals surface area contributed by atoms with Crippen LogP contribution in [-0.4, -0.2) is 22.8 Å². The summed E-state index contributed by atoms with van der Waals surface area (Å²) in [6.45, 7) is 1.16. The number of ether oxygens (including phenoxy) is 1. The number of carbonyl (C=O) groups is 1. The molecule has 132 valence electrons. The van der Waals surface area contributed by atoms with Gasteiger partial charge in [-0.05, 0) is 41.0 Å². The van der Waals surface area contributed by atoms with E-state index in [-0.39, 0.29) is 5.91 Å². The van der Waals surface area contributed by atoms with Crippen molar-refractivity contribution in [3.63, 3.8) is 0 Å². The van der Waals surface area contributed by atoms with Crippen LogP contribution in [0.1, 0.15) is 16.7 Å². The van der Waals surface area contributed by atoms with E-state index < -0.39 is 0 Å². The quantitative estimate of drug-likeness (QED) is 0.668. The second-order valence-corrected chi connectivity index (χ2v) is 5.80. The molecule has 0 unspecified atom stereocenters. The van der Waals surface area contributed by atoms with Crippen LogP contribution in [0.4, 0.5) is 0 Å². The van der Waals surface area contributed by atoms with Gasteiger partial charge in [0.15, 0.2) is 0 Å². The van der Waals surface area contributed by atoms with Crippen molar-refractivity contribution < 1.29 is 9.53 Å². The number of aromatic nitrogens is 2. The first-order valence-corrected chi connectivity index (χ1v) is 8.39. The number of carbonyl (C=O) groups excluding carboxylic acids is 1. The molecule has 1 heterocycles. The standard InChI is InChI=1S/C21H21N3O2/c1-26-20-10-7-17(8-11-20)9-12-21(25)22-15-18-5-2-3-6-19(18)16-24-14-4-13-23-24/h2-14H,15-16H2,1H3,(H,22,25)/b12-9+. The average Bonchev–Trinajstić information content (AvgIpc) is 3.19. The van der Waals surface area contributed by atoms with Crippen LogP contribution in [0.2, 0.25) is 0 Å². The maximum atomic E-state index is 12.1. The van der Waals surface area contributed by atoms with E-state index in [1.165, 1.54) is 6.08 Å². The van der Waals surface area contributed by atoms with Gasteiger partial charge in [0.25, 0.3) is 0 Å². The predicted molar refractivity (Wildman–Crippen MR) is 102 cm³/mol. The molecule has 0 aliphatic heterocycles. The lowest BCUT2D eigenvalue weighted by Crippen LogP contribution is -2.21. The topological polar surface area (TPSA) is 56.1 Å². The molecule has 0 saturated carbocycles. The van der Waals surface area contributed by atoms with Crippen LogP contribution in [0.3, 0.4) is 0 Å². The number of hydrogen-bond donors (Lipinski definition) is 1. The molecule has 0 atom stereocenters. The summed E-state index contributed by atoms with van der Waals surface area (Å²) in [5, 5.41) is 7.16. The first kappa shape index (κ1) is 17.5. The third-order valence-electron chi connectivity index (χ3n) is 4.01. The number of hydrogen-bond acceptors (Lipinski definition) is 3. The van der Waals surface area contributed by atoms with Gasteiger partial charge in [-0.2, -0.15) is 5.10 Å². The minimum Gasteiger partial charge on any atom is -0.497 e. The summed E-state index contributed by atoms with van der Waals surface area (Å²) in [4.78, 5) is 12.1. The largest absolute Gasteiger partial charge is 0.497 e. The smallest absolute Gasteiger partial charge is 0.244 e. The van der Waals surface area contributed by atoms with Gasteiger partial charge in [0.2, 0.25) is 5.91 Å². The Morgan fingerprint density at radius 1 is 1.12 bits per heavy atom. The van der Waals surface area contributed by atoms with Crippen molar-refractivity contribution in [2.24, 2.45) is 0 Å². The average molecular weight is 347 g/mol. The number of methoxy groups -OCH3 is 1. The Kier molecular flexibility index (Phi) is 5.83. The molecule has 5 heteroatoms. The van der Waals surface area contributed by atoms with Crippen LogP contribution in [0.25, 0.3) is 6.08 Å². The van der Waals surface area contributed by atoms with Crippen LogP contribution in [0.15, 0.2) is 73.1 Å². The lowest BCUT2D eigenvalue weighted by molar-refractivity contribution is -0.116. The van der Waals surface area contributed by atoms with Gasteiger partial charge in [0.05, 0.1) is 13.7 Å². The Bertz CT molecular complexity index is 869. The maximum Gasteiger partial charge on any atom is 0.244 e. The maximum absolute atomic E-state index is 12.1. The van der Waals surface area contributed by atoms with Crippen molar-refractivity contribution in [1.82, 2.24) is 15.1 Å². The molecule has 2 aromatic carbocycles. The van der Waals surface area contributed by atoms with Gasteiger partial charge in [0, 0.05) is 25.0 Å². The zero-order chi connectivity index (χ0) is 18.2. The van der Waals surface area contributed by atoms with E-state index in [0.717, 1.165) is 22.4 Å². The van der Waals surface area contributed by atoms with Gasteiger partial charge in [-0.25, -0.2) is 0 Å². The predicted octanol–water partition coefficient (Wildman–Crippen LogP) is 3.27. The minimum absolute atomic E-state index is 0.130. The number of amides is 1. The summed E-state index contributed by atoms with van der Waals surface area (Å²) in [7, 11) is 1.63. The first-order valence-electron chi connectivity index (χ1n) is 8.39. The highest BCUT2D eigenvalue weighted by Crippen LogP contribution is 2.12. The minimum atomic E-state index is -0.130. The summed E-state index contributed by atoms with van der Waals surface area (Å²) in [6, 6.07) is 17.5. The molecule has 1 N–H and O–H groups in total. The van der Waals surface area contributed by atoms with E-state index in [2.05, 4.69) is 16.5 Å². The highest BCUT2D eigenvalue weighted by Gasteiger charge is 2.04. The number of rotatable bonds is 7. The molecule has 26 heavy (non-hydrogen) atoms. The van der Waals surface area contributed by atoms with Crippen LogP contribution >= 0.6 is 0 Å². The Balaban J connectivity index is 1.58. The van der Waals surface area contributed by atoms with E-state index >= 15 is 0 Å². The molecule has 1 amide bonds. The molecule has 0 bridgehead atoms. The molecule has 0 aliphatic carbocycles. The van der Waals surface area contributed by atoms with Crippen molar-refractivity contribution in [2.75, 3.05) is 7.11 Å². The van der Waals surface area contributed by atoms with Gasteiger partial charge < -0.3 is 10.1 Å². The van der Waals surface area contributed by atoms with Crippen molar-refractivity contribution in [3.8, 4) is 5.75 Å². The fourth-order valence-corrected chi connectivity index (χ4v) is 2.58. The summed E-state index contributed by atoms with van der Waals surface area (Å²) >= 11 is 0. The van der Waals surface area contributed by atoms with Gasteiger partial charge in [-0.15, -0.1) is 0 Å². The van der Waals surface area contributed by atoms with Gasteiger partial charge in [-0.3, -0.25) is 9.48 Å². The van der Waals surface area contributed by atoms with Crippen LogP contribution in [-0.2, 0) is 17.9 Å². The molecular weight excluding hydrogens is 326 g/mol. The molecule has 0 radical (unpaired) electrons. The van der Waals surface area contributed by atoms with E-state index in [1.54, 1.807) is 19.4 Å². The molecule has 0 fully saturated rings. The van der Waals surface area contributed by atoms with Gasteiger partial charge >= 0.3 is 0 Å². The lowest BCUT2D eigenvalue weighted by Gasteiger charge is -2.10. The lowest BCUT2D eigenvalue weighted by atomic mass is 10.1. The normalized spacial score (nSPS) is 10.8. The van der Waals surface area contributed by atoms with E-state index in [0.29, 0.717) is 13.1 Å². The zero-order valence-electron chi connectivity index (χ0n) is 14.6. The molecular formula is C21H21N3O2. The molecule has 0 aliphatic rings. The van der Waals surface area contributed by atoms with Gasteiger partial charge in [0.1, 0.15) is 5.75 Å². The summed E-state index contributed by atoms with van der Waals surface area (Å²) in [6.07, 6.45) is 7.00. The van der Waals surface area contributed by atoms with Gasteiger partial charge in [-0.1, -0.05) is 36.4 Å². The first-order chi connectivity index (χ1) is 12.7. The second-order valence-electron chi connectivity index (χ2n) is 5.80. The monoisotopic (exact) mass is 347 g/mol. The fourth-order valence-electron chi connectivity index (χ4n) is 2.58. The Labute approximate surface area is 152 Å². The van der Waals surface area contributed by atoms with E-state index in [1.807, 2.05) is 59.4 Å². The van der Waals surface area contributed by atoms with Crippen LogP contribution in [0, 0.1) is 0 Å². The summed E-state index contributed by atoms with van der Waals surface area (Å²) in [5.41, 5.74) is 3.16. The van der Waals surface area contributed by atoms with Crippen molar-refractivity contribution in [1.29, 1.82) is 0 Å². The molecule has 0 spiro atoms. The van der Waals surface area contributed by atoms with Crippen LogP contribution in [0.5, 0.6) is 5.75 Å². The second kappa shape index (κ2) is 8.67. The van der Waals surface area contributed by atoms with E-state index in [4.69, 9.17) is 4.74 Å². The SMILES string of the molecule is COc1ccc(/C=C/C(=O)NCc2ccccc2Cn2cccn2)cc1. The van der Waals surface area contributed by atoms with Crippen LogP contribution < -0.4 is 10.1 Å². The molecule has 3 aromatic rings. The Morgan fingerprint density at radius 2 is 1.88 bits per heavy atom. The molecule has 0 saturated heterocycles. The zero-order valence-corrected chi connectivity index (χ0v) is 14.6.